The maximum atomic E-state index is 8.88. The maximum absolute atomic E-state index is 8.88. The van der Waals surface area contributed by atoms with Crippen LogP contribution >= 0.6 is 27.2 Å². The predicted molar refractivity (Wildman–Crippen MR) is 67.1 cm³/mol. The van der Waals surface area contributed by atoms with Crippen LogP contribution in [-0.4, -0.2) is 48.5 Å². The first-order valence-electron chi connectivity index (χ1n) is 4.53. The van der Waals surface area contributed by atoms with Gasteiger partial charge < -0.3 is 34.1 Å². The van der Waals surface area contributed by atoms with Crippen LogP contribution in [0.15, 0.2) is 0 Å². The largest absolute Gasteiger partial charge is 0.466 e. The molecule has 0 aliphatic rings. The van der Waals surface area contributed by atoms with Crippen LogP contribution in [-0.2, 0) is 13.9 Å². The predicted octanol–water partition coefficient (Wildman–Crippen LogP) is 0.431. The van der Waals surface area contributed by atoms with Gasteiger partial charge >= 0.3 is 15.6 Å². The first-order valence-corrected chi connectivity index (χ1v) is 8.20. The SMILES string of the molecule is CCCl.CCOCC.O=P(O)(O)O.O=P(O)(O)O. The van der Waals surface area contributed by atoms with Crippen LogP contribution in [0.2, 0.25) is 0 Å². The molecule has 0 fully saturated rings. The summed E-state index contributed by atoms with van der Waals surface area (Å²) in [5, 5.41) is 0. The Morgan fingerprint density at radius 1 is 0.833 bits per heavy atom. The third kappa shape index (κ3) is 646. The molecule has 0 aliphatic heterocycles. The van der Waals surface area contributed by atoms with Gasteiger partial charge in [0.1, 0.15) is 0 Å². The van der Waals surface area contributed by atoms with Gasteiger partial charge in [0.2, 0.25) is 0 Å². The molecule has 0 rings (SSSR count). The third-order valence-corrected chi connectivity index (χ3v) is 0.408. The number of rotatable bonds is 2. The number of alkyl halides is 1. The van der Waals surface area contributed by atoms with E-state index in [0.717, 1.165) is 19.1 Å². The van der Waals surface area contributed by atoms with Gasteiger partial charge in [-0.2, -0.15) is 0 Å². The maximum Gasteiger partial charge on any atom is 0.466 e. The van der Waals surface area contributed by atoms with E-state index in [1.807, 2.05) is 20.8 Å². The fourth-order valence-corrected chi connectivity index (χ4v) is 0.204. The van der Waals surface area contributed by atoms with Gasteiger partial charge in [-0.15, -0.1) is 11.6 Å². The molecule has 0 spiro atoms. The van der Waals surface area contributed by atoms with Crippen molar-refractivity contribution in [1.82, 2.24) is 0 Å². The Labute approximate surface area is 111 Å². The highest BCUT2D eigenvalue weighted by atomic mass is 35.5. The molecule has 0 heterocycles. The molecule has 12 heteroatoms. The Morgan fingerprint density at radius 3 is 0.944 bits per heavy atom. The summed E-state index contributed by atoms with van der Waals surface area (Å²) in [4.78, 5) is 43.1. The van der Waals surface area contributed by atoms with Crippen LogP contribution in [0.25, 0.3) is 0 Å². The molecule has 9 nitrogen and oxygen atoms in total. The minimum atomic E-state index is -4.64. The first-order chi connectivity index (χ1) is 7.83. The monoisotopic (exact) mass is 334 g/mol. The Morgan fingerprint density at radius 2 is 0.944 bits per heavy atom. The van der Waals surface area contributed by atoms with Crippen molar-refractivity contribution >= 4 is 27.2 Å². The molecule has 0 atom stereocenters. The second-order valence-electron chi connectivity index (χ2n) is 2.08. The molecule has 0 unspecified atom stereocenters. The van der Waals surface area contributed by atoms with Gasteiger partial charge in [-0.25, -0.2) is 9.13 Å². The highest BCUT2D eigenvalue weighted by molar-refractivity contribution is 7.45. The lowest BCUT2D eigenvalue weighted by atomic mass is 10.8. The topological polar surface area (TPSA) is 165 Å². The molecule has 18 heavy (non-hydrogen) atoms. The summed E-state index contributed by atoms with van der Waals surface area (Å²) in [5.74, 6) is 0.722. The Hall–Kier alpha value is 0.470. The summed E-state index contributed by atoms with van der Waals surface area (Å²) < 4.78 is 22.6. The van der Waals surface area contributed by atoms with Gasteiger partial charge in [0.15, 0.2) is 0 Å². The molecule has 0 amide bonds. The molecule has 0 saturated carbocycles. The van der Waals surface area contributed by atoms with Gasteiger partial charge in [0.25, 0.3) is 0 Å². The molecule has 0 radical (unpaired) electrons. The molecule has 0 bridgehead atoms. The zero-order chi connectivity index (χ0) is 15.8. The standard InChI is InChI=1S/C4H10O.C2H5Cl.2H3O4P/c1-3-5-4-2;1-2-3;2*1-5(2,3)4/h3-4H2,1-2H3;2H2,1H3;2*(H3,1,2,3,4). The zero-order valence-electron chi connectivity index (χ0n) is 10.3. The Kier molecular flexibility index (Phi) is 26.1. The van der Waals surface area contributed by atoms with Gasteiger partial charge in [-0.05, 0) is 13.8 Å². The smallest absolute Gasteiger partial charge is 0.382 e. The van der Waals surface area contributed by atoms with E-state index in [9.17, 15) is 0 Å². The minimum Gasteiger partial charge on any atom is -0.382 e. The van der Waals surface area contributed by atoms with E-state index in [4.69, 9.17) is 54.8 Å². The Bertz CT molecular complexity index is 187. The molecule has 0 aliphatic carbocycles. The summed E-state index contributed by atoms with van der Waals surface area (Å²) in [6.07, 6.45) is 0. The van der Waals surface area contributed by atoms with Crippen molar-refractivity contribution < 1.29 is 43.2 Å². The van der Waals surface area contributed by atoms with E-state index in [-0.39, 0.29) is 0 Å². The third-order valence-electron chi connectivity index (χ3n) is 0.408. The van der Waals surface area contributed by atoms with Crippen molar-refractivity contribution in [3.63, 3.8) is 0 Å². The average molecular weight is 335 g/mol. The van der Waals surface area contributed by atoms with E-state index < -0.39 is 15.6 Å². The lowest BCUT2D eigenvalue weighted by Crippen LogP contribution is -1.84. The highest BCUT2D eigenvalue weighted by Crippen LogP contribution is 2.26. The normalized spacial score (nSPS) is 9.89. The van der Waals surface area contributed by atoms with Crippen molar-refractivity contribution in [2.24, 2.45) is 0 Å². The molecular weight excluding hydrogens is 313 g/mol. The van der Waals surface area contributed by atoms with E-state index in [1.165, 1.54) is 0 Å². The summed E-state index contributed by atoms with van der Waals surface area (Å²) in [6.45, 7) is 7.56. The molecule has 116 valence electrons. The zero-order valence-corrected chi connectivity index (χ0v) is 12.8. The lowest BCUT2D eigenvalue weighted by molar-refractivity contribution is 0.162. The summed E-state index contributed by atoms with van der Waals surface area (Å²) in [6, 6.07) is 0. The summed E-state index contributed by atoms with van der Waals surface area (Å²) in [7, 11) is -9.28. The van der Waals surface area contributed by atoms with E-state index in [2.05, 4.69) is 0 Å². The van der Waals surface area contributed by atoms with Crippen molar-refractivity contribution in [2.45, 2.75) is 20.8 Å². The molecule has 0 saturated heterocycles. The lowest BCUT2D eigenvalue weighted by Gasteiger charge is -1.86. The van der Waals surface area contributed by atoms with Crippen LogP contribution in [0.3, 0.4) is 0 Å². The van der Waals surface area contributed by atoms with E-state index in [1.54, 1.807) is 0 Å². The molecular formula is C6H21ClO9P2. The van der Waals surface area contributed by atoms with Crippen LogP contribution in [0, 0.1) is 0 Å². The van der Waals surface area contributed by atoms with Crippen molar-refractivity contribution in [3.8, 4) is 0 Å². The number of phosphoric acid groups is 2. The second-order valence-corrected chi connectivity index (χ2v) is 4.66. The van der Waals surface area contributed by atoms with Crippen molar-refractivity contribution in [3.05, 3.63) is 0 Å². The van der Waals surface area contributed by atoms with Crippen LogP contribution in [0.1, 0.15) is 20.8 Å². The number of halogens is 1. The summed E-state index contributed by atoms with van der Waals surface area (Å²) in [5.41, 5.74) is 0. The van der Waals surface area contributed by atoms with Crippen molar-refractivity contribution in [1.29, 1.82) is 0 Å². The highest BCUT2D eigenvalue weighted by Gasteiger charge is 2.00. The molecule has 6 N–H and O–H groups in total. The number of hydrogen-bond acceptors (Lipinski definition) is 3. The quantitative estimate of drug-likeness (QED) is 0.310. The fraction of sp³-hybridized carbons (Fsp3) is 1.00. The van der Waals surface area contributed by atoms with Gasteiger partial charge in [-0.3, -0.25) is 0 Å². The van der Waals surface area contributed by atoms with Gasteiger partial charge in [-0.1, -0.05) is 6.92 Å². The molecule has 0 aromatic rings. The van der Waals surface area contributed by atoms with E-state index in [0.29, 0.717) is 0 Å². The van der Waals surface area contributed by atoms with Gasteiger partial charge in [0, 0.05) is 19.1 Å². The van der Waals surface area contributed by atoms with E-state index >= 15 is 0 Å². The fourth-order valence-electron chi connectivity index (χ4n) is 0.204. The minimum absolute atomic E-state index is 0.722. The summed E-state index contributed by atoms with van der Waals surface area (Å²) >= 11 is 5.00. The second kappa shape index (κ2) is 17.5. The van der Waals surface area contributed by atoms with Crippen LogP contribution in [0.4, 0.5) is 0 Å². The van der Waals surface area contributed by atoms with Crippen LogP contribution < -0.4 is 0 Å². The Balaban J connectivity index is -0.0000000739. The average Bonchev–Trinajstić information content (AvgIpc) is 2.00. The van der Waals surface area contributed by atoms with Crippen molar-refractivity contribution in [2.75, 3.05) is 19.1 Å². The number of hydrogen-bond donors (Lipinski definition) is 6. The van der Waals surface area contributed by atoms with Crippen LogP contribution in [0.5, 0.6) is 0 Å². The molecule has 0 aromatic carbocycles. The number of ether oxygens (including phenoxy) is 1. The molecule has 0 aromatic heterocycles. The van der Waals surface area contributed by atoms with Gasteiger partial charge in [0.05, 0.1) is 0 Å². The first kappa shape index (κ1) is 26.9.